The number of morpholine rings is 1. The van der Waals surface area contributed by atoms with Crippen LogP contribution in [0, 0.1) is 6.92 Å². The number of rotatable bonds is 10. The maximum Gasteiger partial charge on any atom is 0.234 e. The highest BCUT2D eigenvalue weighted by molar-refractivity contribution is 5.78. The molecule has 1 atom stereocenters. The van der Waals surface area contributed by atoms with Crippen LogP contribution >= 0.6 is 0 Å². The van der Waals surface area contributed by atoms with Crippen LogP contribution in [-0.2, 0) is 14.3 Å². The van der Waals surface area contributed by atoms with Gasteiger partial charge in [-0.3, -0.25) is 14.6 Å². The van der Waals surface area contributed by atoms with Gasteiger partial charge in [0.1, 0.15) is 12.4 Å². The first-order valence-corrected chi connectivity index (χ1v) is 10.3. The van der Waals surface area contributed by atoms with E-state index >= 15 is 0 Å². The minimum atomic E-state index is 0.0433. The molecular weight excluding hydrogens is 358 g/mol. The minimum absolute atomic E-state index is 0.0433. The van der Waals surface area contributed by atoms with Gasteiger partial charge in [-0.1, -0.05) is 12.1 Å². The van der Waals surface area contributed by atoms with Gasteiger partial charge in [0.2, 0.25) is 5.91 Å². The van der Waals surface area contributed by atoms with Gasteiger partial charge in [0.05, 0.1) is 39.0 Å². The number of hydrogen-bond donors (Lipinski definition) is 1. The third-order valence-corrected chi connectivity index (χ3v) is 5.14. The number of benzene rings is 1. The SMILES string of the molecule is Cc1cccc(OCCNC(=O)CN2CC[C@H](OCCN3CCOCC3)C2)c1. The van der Waals surface area contributed by atoms with Crippen molar-refractivity contribution < 1.29 is 19.0 Å². The Morgan fingerprint density at radius 1 is 1.21 bits per heavy atom. The van der Waals surface area contributed by atoms with Gasteiger partial charge in [0.15, 0.2) is 0 Å². The average Bonchev–Trinajstić information content (AvgIpc) is 3.13. The second-order valence-corrected chi connectivity index (χ2v) is 7.49. The molecule has 7 nitrogen and oxygen atoms in total. The van der Waals surface area contributed by atoms with Crippen LogP contribution in [0.1, 0.15) is 12.0 Å². The van der Waals surface area contributed by atoms with E-state index in [9.17, 15) is 4.79 Å². The summed E-state index contributed by atoms with van der Waals surface area (Å²) in [6.45, 7) is 10.5. The molecule has 0 aliphatic carbocycles. The van der Waals surface area contributed by atoms with Gasteiger partial charge >= 0.3 is 0 Å². The number of ether oxygens (including phenoxy) is 3. The Morgan fingerprint density at radius 2 is 2.07 bits per heavy atom. The lowest BCUT2D eigenvalue weighted by molar-refractivity contribution is -0.122. The third kappa shape index (κ3) is 7.39. The summed E-state index contributed by atoms with van der Waals surface area (Å²) in [5.41, 5.74) is 1.16. The van der Waals surface area contributed by atoms with Crippen LogP contribution in [-0.4, -0.2) is 94.1 Å². The molecule has 28 heavy (non-hydrogen) atoms. The van der Waals surface area contributed by atoms with Gasteiger partial charge in [-0.05, 0) is 31.0 Å². The maximum atomic E-state index is 12.1. The molecule has 3 rings (SSSR count). The monoisotopic (exact) mass is 391 g/mol. The Kier molecular flexibility index (Phi) is 8.54. The summed E-state index contributed by atoms with van der Waals surface area (Å²) in [5.74, 6) is 0.882. The van der Waals surface area contributed by atoms with E-state index in [2.05, 4.69) is 15.1 Å². The first-order chi connectivity index (χ1) is 13.7. The van der Waals surface area contributed by atoms with Crippen LogP contribution in [0.3, 0.4) is 0 Å². The first-order valence-electron chi connectivity index (χ1n) is 10.3. The van der Waals surface area contributed by atoms with E-state index in [0.717, 1.165) is 70.3 Å². The summed E-state index contributed by atoms with van der Waals surface area (Å²) >= 11 is 0. The van der Waals surface area contributed by atoms with Crippen molar-refractivity contribution in [2.75, 3.05) is 72.2 Å². The molecule has 0 spiro atoms. The Hall–Kier alpha value is -1.67. The molecule has 1 aromatic carbocycles. The molecule has 2 aliphatic heterocycles. The summed E-state index contributed by atoms with van der Waals surface area (Å²) in [6, 6.07) is 7.92. The largest absolute Gasteiger partial charge is 0.492 e. The number of likely N-dealkylation sites (tertiary alicyclic amines) is 1. The van der Waals surface area contributed by atoms with Crippen molar-refractivity contribution >= 4 is 5.91 Å². The van der Waals surface area contributed by atoms with Crippen molar-refractivity contribution in [1.29, 1.82) is 0 Å². The van der Waals surface area contributed by atoms with Gasteiger partial charge in [0.25, 0.3) is 0 Å². The number of carbonyl (C=O) groups excluding carboxylic acids is 1. The predicted octanol–water partition coefficient (Wildman–Crippen LogP) is 0.913. The highest BCUT2D eigenvalue weighted by Crippen LogP contribution is 2.13. The normalized spacial score (nSPS) is 21.0. The number of hydrogen-bond acceptors (Lipinski definition) is 6. The lowest BCUT2D eigenvalue weighted by Gasteiger charge is -2.26. The van der Waals surface area contributed by atoms with E-state index in [1.54, 1.807) is 0 Å². The zero-order valence-electron chi connectivity index (χ0n) is 16.9. The van der Waals surface area contributed by atoms with Crippen molar-refractivity contribution in [2.24, 2.45) is 0 Å². The van der Waals surface area contributed by atoms with Crippen LogP contribution in [0.2, 0.25) is 0 Å². The topological polar surface area (TPSA) is 63.3 Å². The van der Waals surface area contributed by atoms with Crippen LogP contribution < -0.4 is 10.1 Å². The molecule has 0 saturated carbocycles. The van der Waals surface area contributed by atoms with Gasteiger partial charge < -0.3 is 19.5 Å². The lowest BCUT2D eigenvalue weighted by Crippen LogP contribution is -2.39. The molecule has 2 heterocycles. The molecule has 0 bridgehead atoms. The fourth-order valence-corrected chi connectivity index (χ4v) is 3.57. The van der Waals surface area contributed by atoms with E-state index < -0.39 is 0 Å². The molecule has 0 aromatic heterocycles. The first kappa shape index (κ1) is 21.0. The summed E-state index contributed by atoms with van der Waals surface area (Å²) < 4.78 is 17.0. The van der Waals surface area contributed by atoms with Gasteiger partial charge in [-0.2, -0.15) is 0 Å². The van der Waals surface area contributed by atoms with E-state index in [-0.39, 0.29) is 12.0 Å². The van der Waals surface area contributed by atoms with E-state index in [1.807, 2.05) is 31.2 Å². The van der Waals surface area contributed by atoms with Crippen LogP contribution in [0.5, 0.6) is 5.75 Å². The Balaban J connectivity index is 1.23. The molecule has 2 fully saturated rings. The second-order valence-electron chi connectivity index (χ2n) is 7.49. The molecule has 1 aromatic rings. The molecule has 7 heteroatoms. The number of amides is 1. The quantitative estimate of drug-likeness (QED) is 0.599. The number of nitrogens with zero attached hydrogens (tertiary/aromatic N) is 2. The van der Waals surface area contributed by atoms with Crippen molar-refractivity contribution in [3.05, 3.63) is 29.8 Å². The number of carbonyl (C=O) groups is 1. The molecule has 1 N–H and O–H groups in total. The zero-order chi connectivity index (χ0) is 19.6. The average molecular weight is 392 g/mol. The van der Waals surface area contributed by atoms with Gasteiger partial charge in [-0.15, -0.1) is 0 Å². The molecular formula is C21H33N3O4. The van der Waals surface area contributed by atoms with Crippen LogP contribution in [0.4, 0.5) is 0 Å². The summed E-state index contributed by atoms with van der Waals surface area (Å²) in [7, 11) is 0. The van der Waals surface area contributed by atoms with E-state index in [0.29, 0.717) is 19.7 Å². The number of nitrogens with one attached hydrogen (secondary N) is 1. The van der Waals surface area contributed by atoms with Crippen LogP contribution in [0.25, 0.3) is 0 Å². The predicted molar refractivity (Wildman–Crippen MR) is 108 cm³/mol. The molecule has 0 unspecified atom stereocenters. The van der Waals surface area contributed by atoms with Gasteiger partial charge in [-0.25, -0.2) is 0 Å². The lowest BCUT2D eigenvalue weighted by atomic mass is 10.2. The third-order valence-electron chi connectivity index (χ3n) is 5.14. The molecule has 0 radical (unpaired) electrons. The maximum absolute atomic E-state index is 12.1. The summed E-state index contributed by atoms with van der Waals surface area (Å²) in [4.78, 5) is 16.7. The second kappa shape index (κ2) is 11.4. The smallest absolute Gasteiger partial charge is 0.234 e. The van der Waals surface area contributed by atoms with Crippen LogP contribution in [0.15, 0.2) is 24.3 Å². The van der Waals surface area contributed by atoms with E-state index in [4.69, 9.17) is 14.2 Å². The Bertz CT molecular complexity index is 607. The van der Waals surface area contributed by atoms with Crippen molar-refractivity contribution in [3.8, 4) is 5.75 Å². The minimum Gasteiger partial charge on any atom is -0.492 e. The molecule has 2 aliphatic rings. The Labute approximate surface area is 167 Å². The molecule has 2 saturated heterocycles. The summed E-state index contributed by atoms with van der Waals surface area (Å²) in [5, 5.41) is 2.93. The van der Waals surface area contributed by atoms with Gasteiger partial charge in [0, 0.05) is 32.7 Å². The highest BCUT2D eigenvalue weighted by Gasteiger charge is 2.24. The summed E-state index contributed by atoms with van der Waals surface area (Å²) in [6.07, 6.45) is 1.23. The fourth-order valence-electron chi connectivity index (χ4n) is 3.57. The standard InChI is InChI=1S/C21H33N3O4/c1-18-3-2-4-19(15-18)27-11-6-22-21(25)17-24-7-5-20(16-24)28-14-10-23-8-12-26-13-9-23/h2-4,15,20H,5-14,16-17H2,1H3,(H,22,25)/t20-/m0/s1. The highest BCUT2D eigenvalue weighted by atomic mass is 16.5. The van der Waals surface area contributed by atoms with E-state index in [1.165, 1.54) is 0 Å². The fraction of sp³-hybridized carbons (Fsp3) is 0.667. The Morgan fingerprint density at radius 3 is 2.89 bits per heavy atom. The molecule has 156 valence electrons. The zero-order valence-corrected chi connectivity index (χ0v) is 16.9. The van der Waals surface area contributed by atoms with Crippen molar-refractivity contribution in [1.82, 2.24) is 15.1 Å². The molecule has 1 amide bonds. The number of aryl methyl sites for hydroxylation is 1. The van der Waals surface area contributed by atoms with Crippen molar-refractivity contribution in [3.63, 3.8) is 0 Å². The van der Waals surface area contributed by atoms with Crippen molar-refractivity contribution in [2.45, 2.75) is 19.4 Å².